The Morgan fingerprint density at radius 2 is 1.78 bits per heavy atom. The fraction of sp³-hybridized carbons (Fsp3) is 0.263. The van der Waals surface area contributed by atoms with Crippen LogP contribution in [0.2, 0.25) is 0 Å². The van der Waals surface area contributed by atoms with Crippen LogP contribution in [0.15, 0.2) is 36.4 Å². The van der Waals surface area contributed by atoms with E-state index in [1.165, 1.54) is 26.2 Å². The highest BCUT2D eigenvalue weighted by atomic mass is 16.6. The number of aryl methyl sites for hydroxylation is 2. The van der Waals surface area contributed by atoms with Crippen LogP contribution >= 0.6 is 0 Å². The molecule has 8 nitrogen and oxygen atoms in total. The molecule has 0 bridgehead atoms. The van der Waals surface area contributed by atoms with Gasteiger partial charge in [0.25, 0.3) is 5.91 Å². The van der Waals surface area contributed by atoms with Crippen LogP contribution in [0, 0.1) is 24.0 Å². The number of carbonyl (C=O) groups excluding carboxylic acids is 2. The maximum absolute atomic E-state index is 12.4. The molecule has 0 aliphatic rings. The van der Waals surface area contributed by atoms with E-state index in [9.17, 15) is 19.7 Å². The Morgan fingerprint density at radius 3 is 2.33 bits per heavy atom. The van der Waals surface area contributed by atoms with E-state index in [0.717, 1.165) is 17.2 Å². The van der Waals surface area contributed by atoms with Crippen molar-refractivity contribution in [2.45, 2.75) is 26.9 Å². The average Bonchev–Trinajstić information content (AvgIpc) is 2.64. The highest BCUT2D eigenvalue weighted by Gasteiger charge is 2.24. The summed E-state index contributed by atoms with van der Waals surface area (Å²) in [7, 11) is 1.18. The molecule has 0 heterocycles. The summed E-state index contributed by atoms with van der Waals surface area (Å²) in [4.78, 5) is 34.6. The number of benzene rings is 2. The number of rotatable bonds is 6. The van der Waals surface area contributed by atoms with Crippen LogP contribution in [-0.4, -0.2) is 30.0 Å². The van der Waals surface area contributed by atoms with Crippen LogP contribution in [0.5, 0.6) is 5.75 Å². The molecule has 0 aliphatic carbocycles. The number of hydrogen-bond acceptors (Lipinski definition) is 6. The molecule has 2 aromatic rings. The molecule has 0 saturated carbocycles. The van der Waals surface area contributed by atoms with Gasteiger partial charge in [-0.25, -0.2) is 4.79 Å². The second-order valence-electron chi connectivity index (χ2n) is 5.95. The minimum absolute atomic E-state index is 0.0178. The van der Waals surface area contributed by atoms with Crippen molar-refractivity contribution in [1.82, 2.24) is 0 Å². The smallest absolute Gasteiger partial charge is 0.338 e. The van der Waals surface area contributed by atoms with Gasteiger partial charge in [-0.15, -0.1) is 0 Å². The molecule has 2 aromatic carbocycles. The van der Waals surface area contributed by atoms with Gasteiger partial charge >= 0.3 is 11.7 Å². The third-order valence-electron chi connectivity index (χ3n) is 3.98. The number of nitrogens with one attached hydrogen (secondary N) is 1. The van der Waals surface area contributed by atoms with Crippen molar-refractivity contribution in [3.8, 4) is 5.75 Å². The van der Waals surface area contributed by atoms with Crippen LogP contribution in [0.4, 0.5) is 11.4 Å². The molecule has 0 spiro atoms. The zero-order valence-corrected chi connectivity index (χ0v) is 15.4. The van der Waals surface area contributed by atoms with E-state index >= 15 is 0 Å². The van der Waals surface area contributed by atoms with Gasteiger partial charge in [-0.3, -0.25) is 14.9 Å². The van der Waals surface area contributed by atoms with E-state index in [1.54, 1.807) is 0 Å². The highest BCUT2D eigenvalue weighted by molar-refractivity contribution is 5.95. The van der Waals surface area contributed by atoms with Crippen LogP contribution < -0.4 is 10.1 Å². The SMILES string of the molecule is COC(=O)c1ccc(O[C@H](C)C(=O)Nc2c(C)cccc2C)c([N+](=O)[O-])c1. The first-order valence-corrected chi connectivity index (χ1v) is 8.15. The quantitative estimate of drug-likeness (QED) is 0.473. The molecule has 1 atom stereocenters. The van der Waals surface area contributed by atoms with Crippen molar-refractivity contribution in [3.63, 3.8) is 0 Å². The van der Waals surface area contributed by atoms with Crippen LogP contribution in [0.3, 0.4) is 0 Å². The molecule has 1 N–H and O–H groups in total. The molecular weight excluding hydrogens is 352 g/mol. The molecule has 2 rings (SSSR count). The number of amides is 1. The predicted octanol–water partition coefficient (Wildman–Crippen LogP) is 3.40. The first-order chi connectivity index (χ1) is 12.7. The molecule has 1 amide bonds. The van der Waals surface area contributed by atoms with E-state index in [-0.39, 0.29) is 11.3 Å². The van der Waals surface area contributed by atoms with Crippen molar-refractivity contribution in [2.24, 2.45) is 0 Å². The molecule has 142 valence electrons. The Balaban J connectivity index is 2.21. The number of methoxy groups -OCH3 is 1. The van der Waals surface area contributed by atoms with Crippen LogP contribution in [-0.2, 0) is 9.53 Å². The molecule has 8 heteroatoms. The first kappa shape index (κ1) is 19.9. The lowest BCUT2D eigenvalue weighted by Gasteiger charge is -2.17. The maximum atomic E-state index is 12.4. The topological polar surface area (TPSA) is 108 Å². The van der Waals surface area contributed by atoms with Crippen molar-refractivity contribution in [2.75, 3.05) is 12.4 Å². The van der Waals surface area contributed by atoms with E-state index < -0.39 is 28.6 Å². The third-order valence-corrected chi connectivity index (χ3v) is 3.98. The number of carbonyl (C=O) groups is 2. The van der Waals surface area contributed by atoms with E-state index in [2.05, 4.69) is 10.1 Å². The highest BCUT2D eigenvalue weighted by Crippen LogP contribution is 2.29. The van der Waals surface area contributed by atoms with Gasteiger partial charge in [0, 0.05) is 11.8 Å². The van der Waals surface area contributed by atoms with Crippen molar-refractivity contribution < 1.29 is 24.0 Å². The number of esters is 1. The summed E-state index contributed by atoms with van der Waals surface area (Å²) < 4.78 is 10.0. The minimum Gasteiger partial charge on any atom is -0.474 e. The molecule has 0 fully saturated rings. The summed E-state index contributed by atoms with van der Waals surface area (Å²) >= 11 is 0. The van der Waals surface area contributed by atoms with Gasteiger partial charge in [-0.05, 0) is 44.0 Å². The second-order valence-corrected chi connectivity index (χ2v) is 5.95. The van der Waals surface area contributed by atoms with Gasteiger partial charge in [0.1, 0.15) is 0 Å². The summed E-state index contributed by atoms with van der Waals surface area (Å²) in [5.74, 6) is -1.26. The van der Waals surface area contributed by atoms with E-state index in [0.29, 0.717) is 5.69 Å². The Bertz CT molecular complexity index is 874. The third kappa shape index (κ3) is 4.60. The second kappa shape index (κ2) is 8.31. The standard InChI is InChI=1S/C19H20N2O6/c1-11-6-5-7-12(2)17(11)20-18(22)13(3)27-16-9-8-14(19(23)26-4)10-15(16)21(24)25/h5-10,13H,1-4H3,(H,20,22)/t13-/m1/s1. The van der Waals surface area contributed by atoms with Crippen LogP contribution in [0.25, 0.3) is 0 Å². The normalized spacial score (nSPS) is 11.4. The minimum atomic E-state index is -0.994. The van der Waals surface area contributed by atoms with Gasteiger partial charge in [0.05, 0.1) is 17.6 Å². The number of nitrogens with zero attached hydrogens (tertiary/aromatic N) is 1. The zero-order chi connectivity index (χ0) is 20.1. The average molecular weight is 372 g/mol. The fourth-order valence-electron chi connectivity index (χ4n) is 2.48. The summed E-state index contributed by atoms with van der Waals surface area (Å²) in [6.45, 7) is 5.22. The summed E-state index contributed by atoms with van der Waals surface area (Å²) in [5, 5.41) is 14.1. The van der Waals surface area contributed by atoms with Gasteiger partial charge in [-0.1, -0.05) is 18.2 Å². The largest absolute Gasteiger partial charge is 0.474 e. The van der Waals surface area contributed by atoms with Crippen molar-refractivity contribution >= 4 is 23.3 Å². The molecule has 0 radical (unpaired) electrons. The Morgan fingerprint density at radius 1 is 1.15 bits per heavy atom. The first-order valence-electron chi connectivity index (χ1n) is 8.15. The van der Waals surface area contributed by atoms with Crippen LogP contribution in [0.1, 0.15) is 28.4 Å². The molecule has 0 saturated heterocycles. The number of nitro groups is 1. The molecule has 0 unspecified atom stereocenters. The Kier molecular flexibility index (Phi) is 6.12. The van der Waals surface area contributed by atoms with Gasteiger partial charge in [-0.2, -0.15) is 0 Å². The van der Waals surface area contributed by atoms with E-state index in [4.69, 9.17) is 4.74 Å². The monoisotopic (exact) mass is 372 g/mol. The lowest BCUT2D eigenvalue weighted by molar-refractivity contribution is -0.386. The summed E-state index contributed by atoms with van der Waals surface area (Å²) in [6, 6.07) is 9.27. The van der Waals surface area contributed by atoms with Gasteiger partial charge in [0.15, 0.2) is 11.9 Å². The van der Waals surface area contributed by atoms with Crippen molar-refractivity contribution in [1.29, 1.82) is 0 Å². The number of hydrogen-bond donors (Lipinski definition) is 1. The zero-order valence-electron chi connectivity index (χ0n) is 15.4. The van der Waals surface area contributed by atoms with E-state index in [1.807, 2.05) is 32.0 Å². The molecule has 0 aliphatic heterocycles. The Hall–Kier alpha value is -3.42. The fourth-order valence-corrected chi connectivity index (χ4v) is 2.48. The van der Waals surface area contributed by atoms with Gasteiger partial charge < -0.3 is 14.8 Å². The summed E-state index contributed by atoms with van der Waals surface area (Å²) in [6.07, 6.45) is -0.994. The number of para-hydroxylation sites is 1. The predicted molar refractivity (Wildman–Crippen MR) is 99.1 cm³/mol. The number of anilines is 1. The summed E-state index contributed by atoms with van der Waals surface area (Å²) in [5.41, 5.74) is 2.05. The lowest BCUT2D eigenvalue weighted by Crippen LogP contribution is -2.30. The number of nitro benzene ring substituents is 1. The lowest BCUT2D eigenvalue weighted by atomic mass is 10.1. The van der Waals surface area contributed by atoms with Gasteiger partial charge in [0.2, 0.25) is 0 Å². The Labute approximate surface area is 156 Å². The maximum Gasteiger partial charge on any atom is 0.338 e. The molecular formula is C19H20N2O6. The molecule has 27 heavy (non-hydrogen) atoms. The number of ether oxygens (including phenoxy) is 2. The molecule has 0 aromatic heterocycles. The van der Waals surface area contributed by atoms with Crippen molar-refractivity contribution in [3.05, 3.63) is 63.2 Å².